The van der Waals surface area contributed by atoms with E-state index in [4.69, 9.17) is 14.4 Å². The van der Waals surface area contributed by atoms with E-state index >= 15 is 0 Å². The quantitative estimate of drug-likeness (QED) is 0.634. The smallest absolute Gasteiger partial charge is 0.293 e. The van der Waals surface area contributed by atoms with Gasteiger partial charge in [0.2, 0.25) is 11.7 Å². The summed E-state index contributed by atoms with van der Waals surface area (Å²) in [6, 6.07) is 18.6. The number of aromatic nitrogens is 1. The number of rotatable bonds is 2. The predicted octanol–water partition coefficient (Wildman–Crippen LogP) is 2.85. The molecule has 8 heteroatoms. The topological polar surface area (TPSA) is 113 Å². The molecule has 1 fully saturated rings. The number of para-hydroxylation sites is 1. The highest BCUT2D eigenvalue weighted by atomic mass is 16.5. The number of hydrogen-bond acceptors (Lipinski definition) is 5. The van der Waals surface area contributed by atoms with E-state index in [-0.39, 0.29) is 24.0 Å². The van der Waals surface area contributed by atoms with Crippen LogP contribution in [0.4, 0.5) is 5.69 Å². The molecule has 1 spiro atoms. The number of amides is 2. The van der Waals surface area contributed by atoms with Gasteiger partial charge >= 0.3 is 0 Å². The highest BCUT2D eigenvalue weighted by Crippen LogP contribution is 2.54. The maximum atomic E-state index is 13.2. The molecule has 3 aromatic rings. The summed E-state index contributed by atoms with van der Waals surface area (Å²) in [5.74, 6) is -0.138. The fraction of sp³-hybridized carbons (Fsp3) is 0.182. The van der Waals surface area contributed by atoms with Crippen molar-refractivity contribution in [2.24, 2.45) is 0 Å². The molecule has 30 heavy (non-hydrogen) atoms. The predicted molar refractivity (Wildman–Crippen MR) is 107 cm³/mol. The lowest BCUT2D eigenvalue weighted by molar-refractivity contribution is -0.123. The van der Waals surface area contributed by atoms with Crippen LogP contribution in [0.25, 0.3) is 0 Å². The summed E-state index contributed by atoms with van der Waals surface area (Å²) in [6.07, 6.45) is 2.00. The van der Waals surface area contributed by atoms with E-state index in [0.29, 0.717) is 13.0 Å². The molecular formula is C22H19N3O5. The summed E-state index contributed by atoms with van der Waals surface area (Å²) >= 11 is 0. The molecule has 2 amide bonds. The lowest BCUT2D eigenvalue weighted by Crippen LogP contribution is -2.42. The van der Waals surface area contributed by atoms with Crippen molar-refractivity contribution in [3.05, 3.63) is 83.7 Å². The van der Waals surface area contributed by atoms with Crippen molar-refractivity contribution in [1.82, 2.24) is 10.1 Å². The molecular weight excluding hydrogens is 386 g/mol. The molecule has 0 unspecified atom stereocenters. The Morgan fingerprint density at radius 3 is 2.57 bits per heavy atom. The van der Waals surface area contributed by atoms with Gasteiger partial charge in [-0.05, 0) is 23.6 Å². The minimum Gasteiger partial charge on any atom is -0.483 e. The number of carbonyl (C=O) groups is 3. The Hall–Kier alpha value is -3.94. The van der Waals surface area contributed by atoms with Gasteiger partial charge < -0.3 is 19.8 Å². The highest BCUT2D eigenvalue weighted by molar-refractivity contribution is 6.08. The Morgan fingerprint density at radius 1 is 1.17 bits per heavy atom. The summed E-state index contributed by atoms with van der Waals surface area (Å²) in [6.45, 7) is 0.209. The minimum atomic E-state index is -0.812. The molecule has 0 radical (unpaired) electrons. The van der Waals surface area contributed by atoms with Gasteiger partial charge in [-0.2, -0.15) is 0 Å². The Labute approximate surface area is 172 Å². The Kier molecular flexibility index (Phi) is 5.05. The average Bonchev–Trinajstić information content (AvgIpc) is 3.49. The van der Waals surface area contributed by atoms with Crippen molar-refractivity contribution in [1.29, 1.82) is 0 Å². The molecule has 2 aliphatic rings. The highest BCUT2D eigenvalue weighted by Gasteiger charge is 2.59. The molecule has 5 rings (SSSR count). The first-order chi connectivity index (χ1) is 14.6. The van der Waals surface area contributed by atoms with Gasteiger partial charge in [-0.15, -0.1) is 0 Å². The normalized spacial score (nSPS) is 21.5. The molecule has 1 aromatic heterocycles. The van der Waals surface area contributed by atoms with Gasteiger partial charge in [0.25, 0.3) is 12.4 Å². The molecule has 2 atom stereocenters. The Morgan fingerprint density at radius 2 is 1.87 bits per heavy atom. The summed E-state index contributed by atoms with van der Waals surface area (Å²) < 4.78 is 5.10. The van der Waals surface area contributed by atoms with E-state index in [9.17, 15) is 9.59 Å². The number of anilines is 1. The van der Waals surface area contributed by atoms with Crippen LogP contribution >= 0.6 is 0 Å². The van der Waals surface area contributed by atoms with Crippen LogP contribution in [0.15, 0.2) is 71.4 Å². The lowest BCUT2D eigenvalue weighted by Gasteiger charge is -2.34. The molecule has 0 saturated carbocycles. The van der Waals surface area contributed by atoms with Crippen LogP contribution in [-0.4, -0.2) is 40.0 Å². The van der Waals surface area contributed by atoms with E-state index in [1.54, 1.807) is 11.0 Å². The van der Waals surface area contributed by atoms with E-state index in [1.807, 2.05) is 54.6 Å². The van der Waals surface area contributed by atoms with Gasteiger partial charge in [0.05, 0.1) is 12.2 Å². The van der Waals surface area contributed by atoms with Crippen LogP contribution in [0.3, 0.4) is 0 Å². The van der Waals surface area contributed by atoms with E-state index in [1.165, 1.54) is 6.20 Å². The third-order valence-corrected chi connectivity index (χ3v) is 5.61. The largest absolute Gasteiger partial charge is 0.483 e. The zero-order valence-electron chi connectivity index (χ0n) is 15.9. The summed E-state index contributed by atoms with van der Waals surface area (Å²) in [7, 11) is 0. The van der Waals surface area contributed by atoms with E-state index in [2.05, 4.69) is 10.5 Å². The molecule has 0 bridgehead atoms. The van der Waals surface area contributed by atoms with Crippen molar-refractivity contribution in [3.63, 3.8) is 0 Å². The zero-order chi connectivity index (χ0) is 21.1. The second kappa shape index (κ2) is 7.82. The maximum Gasteiger partial charge on any atom is 0.293 e. The first kappa shape index (κ1) is 19.4. The Bertz CT molecular complexity index is 1070. The molecule has 1 saturated heterocycles. The van der Waals surface area contributed by atoms with Crippen LogP contribution in [0.2, 0.25) is 0 Å². The van der Waals surface area contributed by atoms with Gasteiger partial charge in [0.15, 0.2) is 0 Å². The number of nitrogens with zero attached hydrogens (tertiary/aromatic N) is 2. The SMILES string of the molecule is O=C(c1ccno1)N1CC[C@]2(C(=O)Nc3ccccc32)[C@@H]1c1ccccc1.O=CO. The van der Waals surface area contributed by atoms with Crippen LogP contribution in [-0.2, 0) is 15.0 Å². The molecule has 8 nitrogen and oxygen atoms in total. The van der Waals surface area contributed by atoms with Gasteiger partial charge in [-0.25, -0.2) is 0 Å². The molecule has 3 heterocycles. The molecule has 2 aliphatic heterocycles. The standard InChI is InChI=1S/C21H17N3O3.CH2O2/c25-19(17-10-12-22-27-17)24-13-11-21(18(24)14-6-2-1-3-7-14)15-8-4-5-9-16(15)23-20(21)26;2-1-3/h1-10,12,18H,11,13H2,(H,23,26);1H,(H,2,3)/t18-,21+;/m0./s1. The molecule has 152 valence electrons. The molecule has 0 aliphatic carbocycles. The number of fused-ring (bicyclic) bond motifs is 2. The monoisotopic (exact) mass is 405 g/mol. The van der Waals surface area contributed by atoms with E-state index in [0.717, 1.165) is 16.8 Å². The van der Waals surface area contributed by atoms with Crippen LogP contribution in [0.1, 0.15) is 34.1 Å². The minimum absolute atomic E-state index is 0.0644. The number of carboxylic acid groups (broad SMARTS) is 1. The summed E-state index contributed by atoms with van der Waals surface area (Å²) in [5.41, 5.74) is 1.87. The van der Waals surface area contributed by atoms with E-state index < -0.39 is 11.5 Å². The van der Waals surface area contributed by atoms with Gasteiger partial charge in [0, 0.05) is 18.3 Å². The number of nitrogens with one attached hydrogen (secondary N) is 1. The summed E-state index contributed by atoms with van der Waals surface area (Å²) in [5, 5.41) is 13.6. The van der Waals surface area contributed by atoms with Crippen LogP contribution in [0.5, 0.6) is 0 Å². The fourth-order valence-electron chi connectivity index (χ4n) is 4.47. The number of hydrogen-bond donors (Lipinski definition) is 2. The third kappa shape index (κ3) is 2.93. The van der Waals surface area contributed by atoms with Gasteiger partial charge in [-0.1, -0.05) is 53.7 Å². The van der Waals surface area contributed by atoms with Crippen molar-refractivity contribution < 1.29 is 24.0 Å². The van der Waals surface area contributed by atoms with Crippen LogP contribution in [0, 0.1) is 0 Å². The second-order valence-corrected chi connectivity index (χ2v) is 7.01. The van der Waals surface area contributed by atoms with Crippen LogP contribution < -0.4 is 5.32 Å². The first-order valence-corrected chi connectivity index (χ1v) is 9.39. The third-order valence-electron chi connectivity index (χ3n) is 5.61. The molecule has 2 aromatic carbocycles. The maximum absolute atomic E-state index is 13.2. The number of likely N-dealkylation sites (tertiary alicyclic amines) is 1. The van der Waals surface area contributed by atoms with Crippen molar-refractivity contribution in [2.75, 3.05) is 11.9 Å². The average molecular weight is 405 g/mol. The van der Waals surface area contributed by atoms with Gasteiger partial charge in [-0.3, -0.25) is 14.4 Å². The number of benzene rings is 2. The van der Waals surface area contributed by atoms with Crippen molar-refractivity contribution >= 4 is 24.0 Å². The zero-order valence-corrected chi connectivity index (χ0v) is 15.9. The molecule has 2 N–H and O–H groups in total. The first-order valence-electron chi connectivity index (χ1n) is 9.39. The summed E-state index contributed by atoms with van der Waals surface area (Å²) in [4.78, 5) is 36.4. The fourth-order valence-corrected chi connectivity index (χ4v) is 4.47. The van der Waals surface area contributed by atoms with Gasteiger partial charge in [0.1, 0.15) is 5.41 Å². The Balaban J connectivity index is 0.000000687. The van der Waals surface area contributed by atoms with Crippen molar-refractivity contribution in [3.8, 4) is 0 Å². The lowest BCUT2D eigenvalue weighted by atomic mass is 9.72. The number of carbonyl (C=O) groups excluding carboxylic acids is 2. The van der Waals surface area contributed by atoms with Crippen molar-refractivity contribution in [2.45, 2.75) is 17.9 Å². The second-order valence-electron chi connectivity index (χ2n) is 7.01.